The first-order valence-electron chi connectivity index (χ1n) is 5.85. The fourth-order valence-corrected chi connectivity index (χ4v) is 2.94. The van der Waals surface area contributed by atoms with Gasteiger partial charge in [0.2, 0.25) is 0 Å². The molecule has 1 fully saturated rings. The van der Waals surface area contributed by atoms with Crippen molar-refractivity contribution in [2.45, 2.75) is 6.92 Å². The van der Waals surface area contributed by atoms with E-state index in [-0.39, 0.29) is 11.6 Å². The molecule has 0 aromatic heterocycles. The predicted molar refractivity (Wildman–Crippen MR) is 79.6 cm³/mol. The first-order valence-corrected chi connectivity index (χ1v) is 7.02. The summed E-state index contributed by atoms with van der Waals surface area (Å²) in [5.41, 5.74) is 0.911. The molecule has 1 aliphatic heterocycles. The van der Waals surface area contributed by atoms with Crippen molar-refractivity contribution in [3.8, 4) is 5.75 Å². The minimum absolute atomic E-state index is 0.227. The Morgan fingerprint density at radius 2 is 2.15 bits per heavy atom. The van der Waals surface area contributed by atoms with Crippen LogP contribution >= 0.6 is 27.5 Å². The van der Waals surface area contributed by atoms with Gasteiger partial charge in [0.15, 0.2) is 5.75 Å². The molecule has 0 spiro atoms. The lowest BCUT2D eigenvalue weighted by Crippen LogP contribution is -2.30. The van der Waals surface area contributed by atoms with E-state index in [2.05, 4.69) is 21.2 Å². The standard InChI is InChI=1S/C13H12BrClN2O3/c1-3-17-12(18)10(16-13(17)19)6-7-4-8(14)11(20-2)9(15)5-7/h4-6H,3H2,1-2H3,(H,16,19)/b10-6+. The topological polar surface area (TPSA) is 58.6 Å². The molecular weight excluding hydrogens is 348 g/mol. The number of carbonyl (C=O) groups excluding carboxylic acids is 2. The molecule has 1 N–H and O–H groups in total. The molecule has 106 valence electrons. The molecule has 0 unspecified atom stereocenters. The summed E-state index contributed by atoms with van der Waals surface area (Å²) >= 11 is 9.41. The lowest BCUT2D eigenvalue weighted by atomic mass is 10.2. The van der Waals surface area contributed by atoms with Crippen molar-refractivity contribution in [2.24, 2.45) is 0 Å². The van der Waals surface area contributed by atoms with Gasteiger partial charge in [-0.3, -0.25) is 9.69 Å². The molecule has 0 atom stereocenters. The quantitative estimate of drug-likeness (QED) is 0.666. The highest BCUT2D eigenvalue weighted by atomic mass is 79.9. The van der Waals surface area contributed by atoms with E-state index in [4.69, 9.17) is 16.3 Å². The number of amides is 3. The zero-order valence-corrected chi connectivity index (χ0v) is 13.2. The Bertz CT molecular complexity index is 593. The van der Waals surface area contributed by atoms with E-state index >= 15 is 0 Å². The third-order valence-electron chi connectivity index (χ3n) is 2.81. The number of imide groups is 1. The monoisotopic (exact) mass is 358 g/mol. The largest absolute Gasteiger partial charge is 0.494 e. The fourth-order valence-electron chi connectivity index (χ4n) is 1.88. The van der Waals surface area contributed by atoms with Crippen LogP contribution in [0, 0.1) is 0 Å². The number of urea groups is 1. The Kier molecular flexibility index (Phi) is 4.35. The Balaban J connectivity index is 2.37. The van der Waals surface area contributed by atoms with Crippen LogP contribution < -0.4 is 10.1 Å². The van der Waals surface area contributed by atoms with E-state index in [1.54, 1.807) is 25.1 Å². The van der Waals surface area contributed by atoms with Crippen LogP contribution in [0.5, 0.6) is 5.75 Å². The highest BCUT2D eigenvalue weighted by Gasteiger charge is 2.32. The molecule has 20 heavy (non-hydrogen) atoms. The molecule has 1 aromatic carbocycles. The Hall–Kier alpha value is -1.53. The SMILES string of the molecule is CCN1C(=O)N/C(=C/c2cc(Cl)c(OC)c(Br)c2)C1=O. The highest BCUT2D eigenvalue weighted by molar-refractivity contribution is 9.10. The number of hydrogen-bond donors (Lipinski definition) is 1. The van der Waals surface area contributed by atoms with Crippen LogP contribution in [-0.4, -0.2) is 30.5 Å². The van der Waals surface area contributed by atoms with E-state index in [1.165, 1.54) is 7.11 Å². The molecule has 2 rings (SSSR count). The summed E-state index contributed by atoms with van der Waals surface area (Å²) < 4.78 is 5.80. The molecule has 0 aliphatic carbocycles. The van der Waals surface area contributed by atoms with E-state index in [1.807, 2.05) is 0 Å². The Morgan fingerprint density at radius 3 is 2.65 bits per heavy atom. The van der Waals surface area contributed by atoms with Gasteiger partial charge in [0.25, 0.3) is 5.91 Å². The molecule has 1 aromatic rings. The second-order valence-corrected chi connectivity index (χ2v) is 5.32. The second kappa shape index (κ2) is 5.85. The summed E-state index contributed by atoms with van der Waals surface area (Å²) in [5, 5.41) is 2.94. The third kappa shape index (κ3) is 2.66. The maximum Gasteiger partial charge on any atom is 0.328 e. The van der Waals surface area contributed by atoms with Crippen LogP contribution in [0.25, 0.3) is 6.08 Å². The van der Waals surface area contributed by atoms with Crippen LogP contribution in [0.3, 0.4) is 0 Å². The molecule has 7 heteroatoms. The van der Waals surface area contributed by atoms with Gasteiger partial charge in [-0.15, -0.1) is 0 Å². The average Bonchev–Trinajstić information content (AvgIpc) is 2.63. The minimum Gasteiger partial charge on any atom is -0.494 e. The fraction of sp³-hybridized carbons (Fsp3) is 0.231. The van der Waals surface area contributed by atoms with Crippen molar-refractivity contribution in [1.29, 1.82) is 0 Å². The van der Waals surface area contributed by atoms with Crippen LogP contribution in [0.4, 0.5) is 4.79 Å². The van der Waals surface area contributed by atoms with Crippen molar-refractivity contribution in [3.63, 3.8) is 0 Å². The van der Waals surface area contributed by atoms with Gasteiger partial charge in [0.1, 0.15) is 5.70 Å². The van der Waals surface area contributed by atoms with Gasteiger partial charge in [-0.1, -0.05) is 11.6 Å². The summed E-state index contributed by atoms with van der Waals surface area (Å²) in [6.45, 7) is 2.07. The lowest BCUT2D eigenvalue weighted by Gasteiger charge is -2.07. The normalized spacial score (nSPS) is 16.8. The van der Waals surface area contributed by atoms with Crippen molar-refractivity contribution < 1.29 is 14.3 Å². The van der Waals surface area contributed by atoms with Gasteiger partial charge >= 0.3 is 6.03 Å². The van der Waals surface area contributed by atoms with Crippen molar-refractivity contribution in [3.05, 3.63) is 32.9 Å². The van der Waals surface area contributed by atoms with Gasteiger partial charge in [-0.05, 0) is 46.6 Å². The van der Waals surface area contributed by atoms with Gasteiger partial charge in [-0.2, -0.15) is 0 Å². The molecular formula is C13H12BrClN2O3. The van der Waals surface area contributed by atoms with Crippen molar-refractivity contribution >= 4 is 45.5 Å². The molecule has 1 saturated heterocycles. The molecule has 0 saturated carbocycles. The summed E-state index contributed by atoms with van der Waals surface area (Å²) in [4.78, 5) is 24.6. The van der Waals surface area contributed by atoms with Gasteiger partial charge in [0, 0.05) is 6.54 Å². The summed E-state index contributed by atoms with van der Waals surface area (Å²) in [7, 11) is 1.52. The first kappa shape index (κ1) is 14.9. The van der Waals surface area contributed by atoms with E-state index in [9.17, 15) is 9.59 Å². The zero-order chi connectivity index (χ0) is 14.9. The zero-order valence-electron chi connectivity index (χ0n) is 10.9. The first-order chi connectivity index (χ1) is 9.47. The van der Waals surface area contributed by atoms with E-state index in [0.717, 1.165) is 4.90 Å². The van der Waals surface area contributed by atoms with Crippen LogP contribution in [0.1, 0.15) is 12.5 Å². The number of likely N-dealkylation sites (N-methyl/N-ethyl adjacent to an activating group) is 1. The van der Waals surface area contributed by atoms with Crippen LogP contribution in [-0.2, 0) is 4.79 Å². The molecule has 0 bridgehead atoms. The Labute approximate surface area is 129 Å². The summed E-state index contributed by atoms with van der Waals surface area (Å²) in [6, 6.07) is 3.00. The van der Waals surface area contributed by atoms with Gasteiger partial charge < -0.3 is 10.1 Å². The summed E-state index contributed by atoms with van der Waals surface area (Å²) in [6.07, 6.45) is 1.58. The molecule has 0 radical (unpaired) electrons. The third-order valence-corrected chi connectivity index (χ3v) is 3.68. The van der Waals surface area contributed by atoms with E-state index in [0.29, 0.717) is 27.4 Å². The van der Waals surface area contributed by atoms with E-state index < -0.39 is 6.03 Å². The highest BCUT2D eigenvalue weighted by Crippen LogP contribution is 2.34. The number of ether oxygens (including phenoxy) is 1. The number of halogens is 2. The maximum absolute atomic E-state index is 11.9. The average molecular weight is 360 g/mol. The van der Waals surface area contributed by atoms with Gasteiger partial charge in [0.05, 0.1) is 16.6 Å². The number of benzene rings is 1. The molecule has 5 nitrogen and oxygen atoms in total. The smallest absolute Gasteiger partial charge is 0.328 e. The summed E-state index contributed by atoms with van der Waals surface area (Å²) in [5.74, 6) is 0.173. The number of methoxy groups -OCH3 is 1. The van der Waals surface area contributed by atoms with Crippen LogP contribution in [0.15, 0.2) is 22.3 Å². The maximum atomic E-state index is 11.9. The minimum atomic E-state index is -0.414. The molecule has 3 amide bonds. The number of rotatable bonds is 3. The number of carbonyl (C=O) groups is 2. The second-order valence-electron chi connectivity index (χ2n) is 4.06. The number of hydrogen-bond acceptors (Lipinski definition) is 3. The predicted octanol–water partition coefficient (Wildman–Crippen LogP) is 3.02. The lowest BCUT2D eigenvalue weighted by molar-refractivity contribution is -0.122. The number of nitrogens with zero attached hydrogens (tertiary/aromatic N) is 1. The molecule has 1 aliphatic rings. The van der Waals surface area contributed by atoms with Gasteiger partial charge in [-0.25, -0.2) is 4.79 Å². The van der Waals surface area contributed by atoms with Crippen molar-refractivity contribution in [2.75, 3.05) is 13.7 Å². The Morgan fingerprint density at radius 1 is 1.45 bits per heavy atom. The molecule has 1 heterocycles. The van der Waals surface area contributed by atoms with Crippen LogP contribution in [0.2, 0.25) is 5.02 Å². The van der Waals surface area contributed by atoms with Crippen molar-refractivity contribution in [1.82, 2.24) is 10.2 Å². The number of nitrogens with one attached hydrogen (secondary N) is 1.